The van der Waals surface area contributed by atoms with E-state index in [1.807, 2.05) is 0 Å². The molecule has 1 rings (SSSR count). The van der Waals surface area contributed by atoms with Crippen LogP contribution >= 0.6 is 0 Å². The van der Waals surface area contributed by atoms with E-state index in [1.54, 1.807) is 6.07 Å². The average Bonchev–Trinajstić information content (AvgIpc) is 2.37. The zero-order valence-electron chi connectivity index (χ0n) is 9.61. The highest BCUT2D eigenvalue weighted by atomic mass is 19.3. The predicted octanol–water partition coefficient (Wildman–Crippen LogP) is 1.07. The maximum Gasteiger partial charge on any atom is 0.310 e. The van der Waals surface area contributed by atoms with Crippen molar-refractivity contribution >= 4 is 5.97 Å². The van der Waals surface area contributed by atoms with E-state index in [1.165, 1.54) is 6.07 Å². The number of carbonyl (C=O) groups excluding carboxylic acids is 1. The monoisotopic (exact) mass is 255 g/mol. The van der Waals surface area contributed by atoms with Gasteiger partial charge >= 0.3 is 5.97 Å². The largest absolute Gasteiger partial charge is 0.469 e. The quantitative estimate of drug-likeness (QED) is 0.813. The number of nitriles is 1. The number of hydrogen-bond acceptors (Lipinski definition) is 5. The average molecular weight is 255 g/mol. The number of halogens is 2. The Kier molecular flexibility index (Phi) is 4.68. The lowest BCUT2D eigenvalue weighted by Gasteiger charge is -2.10. The Hall–Kier alpha value is -2.07. The molecule has 0 bridgehead atoms. The van der Waals surface area contributed by atoms with Gasteiger partial charge in [-0.1, -0.05) is 0 Å². The van der Waals surface area contributed by atoms with Gasteiger partial charge in [0.1, 0.15) is 11.8 Å². The van der Waals surface area contributed by atoms with Crippen molar-refractivity contribution in [1.82, 2.24) is 4.98 Å². The van der Waals surface area contributed by atoms with Crippen LogP contribution < -0.4 is 5.73 Å². The fourth-order valence-corrected chi connectivity index (χ4v) is 1.42. The molecule has 0 aliphatic heterocycles. The number of aromatic nitrogens is 1. The molecule has 0 fully saturated rings. The van der Waals surface area contributed by atoms with E-state index in [9.17, 15) is 13.6 Å². The predicted molar refractivity (Wildman–Crippen MR) is 57.5 cm³/mol. The van der Waals surface area contributed by atoms with E-state index in [-0.39, 0.29) is 29.8 Å². The van der Waals surface area contributed by atoms with Crippen molar-refractivity contribution in [1.29, 1.82) is 5.26 Å². The summed E-state index contributed by atoms with van der Waals surface area (Å²) in [7, 11) is 1.15. The van der Waals surface area contributed by atoms with Gasteiger partial charge in [0.25, 0.3) is 6.43 Å². The first kappa shape index (κ1) is 14.0. The van der Waals surface area contributed by atoms with Gasteiger partial charge in [-0.15, -0.1) is 0 Å². The summed E-state index contributed by atoms with van der Waals surface area (Å²) < 4.78 is 30.0. The van der Waals surface area contributed by atoms with Gasteiger partial charge in [-0.2, -0.15) is 5.26 Å². The minimum absolute atomic E-state index is 0.0226. The lowest BCUT2D eigenvalue weighted by molar-refractivity contribution is -0.139. The number of nitrogens with two attached hydrogens (primary N) is 1. The van der Waals surface area contributed by atoms with E-state index < -0.39 is 18.1 Å². The number of esters is 1. The fourth-order valence-electron chi connectivity index (χ4n) is 1.42. The summed E-state index contributed by atoms with van der Waals surface area (Å²) in [6.45, 7) is -0.124. The third kappa shape index (κ3) is 2.99. The Bertz CT molecular complexity index is 498. The van der Waals surface area contributed by atoms with Crippen LogP contribution in [0.2, 0.25) is 0 Å². The third-order valence-electron chi connectivity index (χ3n) is 2.30. The second kappa shape index (κ2) is 6.02. The van der Waals surface area contributed by atoms with Crippen molar-refractivity contribution in [2.45, 2.75) is 19.4 Å². The summed E-state index contributed by atoms with van der Waals surface area (Å²) in [6.07, 6.45) is -3.20. The Morgan fingerprint density at radius 3 is 2.78 bits per heavy atom. The molecule has 5 nitrogen and oxygen atoms in total. The van der Waals surface area contributed by atoms with Gasteiger partial charge in [-0.3, -0.25) is 4.79 Å². The van der Waals surface area contributed by atoms with Crippen LogP contribution in [0.1, 0.15) is 28.9 Å². The highest BCUT2D eigenvalue weighted by Gasteiger charge is 2.20. The van der Waals surface area contributed by atoms with Crippen LogP contribution in [0.15, 0.2) is 6.07 Å². The van der Waals surface area contributed by atoms with Crippen LogP contribution in [0.5, 0.6) is 0 Å². The third-order valence-corrected chi connectivity index (χ3v) is 2.30. The van der Waals surface area contributed by atoms with E-state index in [4.69, 9.17) is 11.0 Å². The van der Waals surface area contributed by atoms with Crippen LogP contribution in [0.4, 0.5) is 8.78 Å². The summed E-state index contributed by atoms with van der Waals surface area (Å²) in [6, 6.07) is 3.01. The van der Waals surface area contributed by atoms with Gasteiger partial charge < -0.3 is 10.5 Å². The molecule has 0 radical (unpaired) electrons. The molecule has 0 aliphatic carbocycles. The number of alkyl halides is 2. The van der Waals surface area contributed by atoms with Crippen molar-refractivity contribution in [3.8, 4) is 6.07 Å². The zero-order valence-corrected chi connectivity index (χ0v) is 9.61. The first-order valence-corrected chi connectivity index (χ1v) is 5.01. The van der Waals surface area contributed by atoms with E-state index in [0.29, 0.717) is 0 Å². The Balaban J connectivity index is 3.30. The summed E-state index contributed by atoms with van der Waals surface area (Å²) >= 11 is 0. The number of carbonyl (C=O) groups is 1. The Morgan fingerprint density at radius 2 is 2.33 bits per heavy atom. The minimum atomic E-state index is -2.84. The van der Waals surface area contributed by atoms with Crippen LogP contribution in [0.25, 0.3) is 0 Å². The fraction of sp³-hybridized carbons (Fsp3) is 0.364. The Morgan fingerprint density at radius 1 is 1.67 bits per heavy atom. The molecule has 0 aliphatic rings. The number of methoxy groups -OCH3 is 1. The molecule has 96 valence electrons. The van der Waals surface area contributed by atoms with Crippen molar-refractivity contribution in [2.24, 2.45) is 5.73 Å². The molecule has 1 heterocycles. The molecule has 0 spiro atoms. The van der Waals surface area contributed by atoms with Crippen molar-refractivity contribution < 1.29 is 18.3 Å². The SMILES string of the molecule is COC(=O)Cc1cc(C#N)c(CN)nc1C(F)F. The molecule has 0 saturated carbocycles. The van der Waals surface area contributed by atoms with E-state index in [0.717, 1.165) is 7.11 Å². The minimum Gasteiger partial charge on any atom is -0.469 e. The molecule has 2 N–H and O–H groups in total. The number of pyridine rings is 1. The molecule has 1 aromatic heterocycles. The van der Waals surface area contributed by atoms with Gasteiger partial charge in [0.15, 0.2) is 0 Å². The molecule has 0 atom stereocenters. The molecule has 1 aromatic rings. The molecule has 0 unspecified atom stereocenters. The first-order valence-electron chi connectivity index (χ1n) is 5.01. The van der Waals surface area contributed by atoms with Crippen molar-refractivity contribution in [3.05, 3.63) is 28.6 Å². The summed E-state index contributed by atoms with van der Waals surface area (Å²) in [5.74, 6) is -0.678. The maximum absolute atomic E-state index is 12.8. The molecule has 0 saturated heterocycles. The lowest BCUT2D eigenvalue weighted by Crippen LogP contribution is -2.12. The zero-order chi connectivity index (χ0) is 13.7. The second-order valence-corrected chi connectivity index (χ2v) is 3.40. The van der Waals surface area contributed by atoms with Crippen LogP contribution in [-0.4, -0.2) is 18.1 Å². The second-order valence-electron chi connectivity index (χ2n) is 3.40. The van der Waals surface area contributed by atoms with Gasteiger partial charge in [0.2, 0.25) is 0 Å². The Labute approximate surface area is 102 Å². The highest BCUT2D eigenvalue weighted by molar-refractivity contribution is 5.73. The van der Waals surface area contributed by atoms with Crippen LogP contribution in [0, 0.1) is 11.3 Å². The number of ether oxygens (including phenoxy) is 1. The maximum atomic E-state index is 12.8. The highest BCUT2D eigenvalue weighted by Crippen LogP contribution is 2.24. The van der Waals surface area contributed by atoms with E-state index in [2.05, 4.69) is 9.72 Å². The molecule has 0 aromatic carbocycles. The van der Waals surface area contributed by atoms with Crippen molar-refractivity contribution in [3.63, 3.8) is 0 Å². The van der Waals surface area contributed by atoms with E-state index >= 15 is 0 Å². The lowest BCUT2D eigenvalue weighted by atomic mass is 10.1. The molecular weight excluding hydrogens is 244 g/mol. The van der Waals surface area contributed by atoms with Crippen LogP contribution in [0.3, 0.4) is 0 Å². The van der Waals surface area contributed by atoms with Gasteiger partial charge in [0, 0.05) is 6.54 Å². The smallest absolute Gasteiger partial charge is 0.310 e. The summed E-state index contributed by atoms with van der Waals surface area (Å²) in [5.41, 5.74) is 4.93. The summed E-state index contributed by atoms with van der Waals surface area (Å²) in [4.78, 5) is 14.8. The molecular formula is C11H11F2N3O2. The number of hydrogen-bond donors (Lipinski definition) is 1. The van der Waals surface area contributed by atoms with Gasteiger partial charge in [0.05, 0.1) is 24.8 Å². The first-order chi connectivity index (χ1) is 8.53. The normalized spacial score (nSPS) is 10.2. The van der Waals surface area contributed by atoms with Crippen LogP contribution in [-0.2, 0) is 22.5 Å². The topological polar surface area (TPSA) is 89.0 Å². The van der Waals surface area contributed by atoms with Gasteiger partial charge in [-0.05, 0) is 11.6 Å². The molecule has 7 heteroatoms. The van der Waals surface area contributed by atoms with Crippen molar-refractivity contribution in [2.75, 3.05) is 7.11 Å². The standard InChI is InChI=1S/C11H11F2N3O2/c1-18-9(17)3-6-2-7(4-14)8(5-15)16-10(6)11(12)13/h2,11H,3,5,15H2,1H3. The number of nitrogens with zero attached hydrogens (tertiary/aromatic N) is 2. The molecule has 0 amide bonds. The summed E-state index contributed by atoms with van der Waals surface area (Å²) in [5, 5.41) is 8.85. The number of rotatable bonds is 4. The van der Waals surface area contributed by atoms with Gasteiger partial charge in [-0.25, -0.2) is 13.8 Å². The molecule has 18 heavy (non-hydrogen) atoms.